The van der Waals surface area contributed by atoms with Crippen molar-refractivity contribution in [1.82, 2.24) is 0 Å². The van der Waals surface area contributed by atoms with Gasteiger partial charge in [0.1, 0.15) is 0 Å². The monoisotopic (exact) mass is 218 g/mol. The van der Waals surface area contributed by atoms with Crippen molar-refractivity contribution in [2.75, 3.05) is 0 Å². The fourth-order valence-corrected chi connectivity index (χ4v) is 3.06. The van der Waals surface area contributed by atoms with Crippen molar-refractivity contribution >= 4 is 0 Å². The minimum Gasteiger partial charge on any atom is -0.393 e. The second-order valence-corrected chi connectivity index (χ2v) is 6.14. The van der Waals surface area contributed by atoms with Gasteiger partial charge in [-0.05, 0) is 30.7 Å². The predicted octanol–water partition coefficient (Wildman–Crippen LogP) is 3.43. The van der Waals surface area contributed by atoms with Crippen LogP contribution in [0, 0.1) is 12.3 Å². The van der Waals surface area contributed by atoms with Crippen LogP contribution >= 0.6 is 0 Å². The molecule has 2 atom stereocenters. The highest BCUT2D eigenvalue weighted by Gasteiger charge is 2.49. The standard InChI is InChI=1S/C15H22O/c1-11-5-7-12(8-6-11)15(4)10-13(16)9-14(15,2)3/h5-8,13,16H,9-10H2,1-4H3/t13-,15+/m0/s1. The lowest BCUT2D eigenvalue weighted by Crippen LogP contribution is -2.33. The van der Waals surface area contributed by atoms with Gasteiger partial charge in [0.05, 0.1) is 6.10 Å². The summed E-state index contributed by atoms with van der Waals surface area (Å²) >= 11 is 0. The van der Waals surface area contributed by atoms with E-state index < -0.39 is 0 Å². The van der Waals surface area contributed by atoms with Crippen LogP contribution < -0.4 is 0 Å². The van der Waals surface area contributed by atoms with Crippen LogP contribution in [0.3, 0.4) is 0 Å². The van der Waals surface area contributed by atoms with Gasteiger partial charge in [-0.25, -0.2) is 0 Å². The molecule has 88 valence electrons. The maximum absolute atomic E-state index is 9.92. The van der Waals surface area contributed by atoms with Crippen LogP contribution in [0.4, 0.5) is 0 Å². The van der Waals surface area contributed by atoms with Gasteiger partial charge in [-0.1, -0.05) is 50.6 Å². The SMILES string of the molecule is Cc1ccc([C@@]2(C)C[C@@H](O)CC2(C)C)cc1. The third kappa shape index (κ3) is 1.67. The van der Waals surface area contributed by atoms with Crippen LogP contribution in [-0.4, -0.2) is 11.2 Å². The number of aliphatic hydroxyl groups excluding tert-OH is 1. The van der Waals surface area contributed by atoms with Gasteiger partial charge >= 0.3 is 0 Å². The average Bonchev–Trinajstić information content (AvgIpc) is 2.37. The third-order valence-electron chi connectivity index (χ3n) is 4.57. The molecule has 1 saturated carbocycles. The number of rotatable bonds is 1. The van der Waals surface area contributed by atoms with E-state index in [1.807, 2.05) is 0 Å². The molecule has 1 aromatic rings. The Bertz CT molecular complexity index is 377. The number of hydrogen-bond acceptors (Lipinski definition) is 1. The number of benzene rings is 1. The van der Waals surface area contributed by atoms with E-state index in [0.717, 1.165) is 12.8 Å². The van der Waals surface area contributed by atoms with E-state index in [2.05, 4.69) is 52.0 Å². The van der Waals surface area contributed by atoms with Crippen molar-refractivity contribution in [2.45, 2.75) is 52.1 Å². The Morgan fingerprint density at radius 3 is 2.06 bits per heavy atom. The fourth-order valence-electron chi connectivity index (χ4n) is 3.06. The molecule has 0 unspecified atom stereocenters. The molecule has 0 heterocycles. The molecule has 0 spiro atoms. The molecular formula is C15H22O. The Morgan fingerprint density at radius 2 is 1.62 bits per heavy atom. The molecule has 0 amide bonds. The zero-order chi connectivity index (χ0) is 12.0. The second kappa shape index (κ2) is 3.59. The average molecular weight is 218 g/mol. The Balaban J connectivity index is 2.42. The molecular weight excluding hydrogens is 196 g/mol. The molecule has 0 radical (unpaired) electrons. The minimum atomic E-state index is -0.152. The third-order valence-corrected chi connectivity index (χ3v) is 4.57. The molecule has 1 N–H and O–H groups in total. The van der Waals surface area contributed by atoms with Gasteiger partial charge in [-0.15, -0.1) is 0 Å². The van der Waals surface area contributed by atoms with Crippen molar-refractivity contribution in [3.8, 4) is 0 Å². The molecule has 16 heavy (non-hydrogen) atoms. The minimum absolute atomic E-state index is 0.0973. The van der Waals surface area contributed by atoms with E-state index in [9.17, 15) is 5.11 Å². The molecule has 1 fully saturated rings. The van der Waals surface area contributed by atoms with Gasteiger partial charge in [0.15, 0.2) is 0 Å². The predicted molar refractivity (Wildman–Crippen MR) is 67.6 cm³/mol. The van der Waals surface area contributed by atoms with Gasteiger partial charge in [0.25, 0.3) is 0 Å². The molecule has 1 aliphatic rings. The molecule has 1 aromatic carbocycles. The summed E-state index contributed by atoms with van der Waals surface area (Å²) in [6.45, 7) is 8.93. The highest BCUT2D eigenvalue weighted by molar-refractivity contribution is 5.32. The molecule has 1 nitrogen and oxygen atoms in total. The molecule has 1 aliphatic carbocycles. The first-order chi connectivity index (χ1) is 7.35. The zero-order valence-corrected chi connectivity index (χ0v) is 10.7. The number of aliphatic hydroxyl groups is 1. The van der Waals surface area contributed by atoms with Gasteiger partial charge in [0, 0.05) is 5.41 Å². The number of hydrogen-bond donors (Lipinski definition) is 1. The van der Waals surface area contributed by atoms with Crippen molar-refractivity contribution in [3.63, 3.8) is 0 Å². The van der Waals surface area contributed by atoms with Crippen molar-refractivity contribution in [1.29, 1.82) is 0 Å². The van der Waals surface area contributed by atoms with Crippen molar-refractivity contribution < 1.29 is 5.11 Å². The lowest BCUT2D eigenvalue weighted by Gasteiger charge is -2.38. The quantitative estimate of drug-likeness (QED) is 0.765. The summed E-state index contributed by atoms with van der Waals surface area (Å²) in [4.78, 5) is 0. The van der Waals surface area contributed by atoms with Crippen molar-refractivity contribution in [3.05, 3.63) is 35.4 Å². The smallest absolute Gasteiger partial charge is 0.0554 e. The van der Waals surface area contributed by atoms with E-state index in [-0.39, 0.29) is 16.9 Å². The molecule has 1 heteroatoms. The van der Waals surface area contributed by atoms with Crippen LogP contribution in [0.1, 0.15) is 44.7 Å². The summed E-state index contributed by atoms with van der Waals surface area (Å²) in [6, 6.07) is 8.77. The second-order valence-electron chi connectivity index (χ2n) is 6.14. The molecule has 0 saturated heterocycles. The summed E-state index contributed by atoms with van der Waals surface area (Å²) in [5.41, 5.74) is 2.92. The normalized spacial score (nSPS) is 32.9. The van der Waals surface area contributed by atoms with Crippen LogP contribution in [0.5, 0.6) is 0 Å². The fraction of sp³-hybridized carbons (Fsp3) is 0.600. The van der Waals surface area contributed by atoms with E-state index in [0.29, 0.717) is 0 Å². The van der Waals surface area contributed by atoms with Gasteiger partial charge in [0.2, 0.25) is 0 Å². The largest absolute Gasteiger partial charge is 0.393 e. The molecule has 2 rings (SSSR count). The van der Waals surface area contributed by atoms with E-state index >= 15 is 0 Å². The lowest BCUT2D eigenvalue weighted by molar-refractivity contribution is 0.168. The van der Waals surface area contributed by atoms with E-state index in [1.165, 1.54) is 11.1 Å². The van der Waals surface area contributed by atoms with E-state index in [1.54, 1.807) is 0 Å². The summed E-state index contributed by atoms with van der Waals surface area (Å²) < 4.78 is 0. The summed E-state index contributed by atoms with van der Waals surface area (Å²) in [7, 11) is 0. The highest BCUT2D eigenvalue weighted by atomic mass is 16.3. The maximum atomic E-state index is 9.92. The summed E-state index contributed by atoms with van der Waals surface area (Å²) in [5.74, 6) is 0. The first kappa shape index (κ1) is 11.7. The Labute approximate surface area is 98.5 Å². The first-order valence-electron chi connectivity index (χ1n) is 6.10. The molecule has 0 bridgehead atoms. The van der Waals surface area contributed by atoms with Gasteiger partial charge in [-0.2, -0.15) is 0 Å². The van der Waals surface area contributed by atoms with Crippen LogP contribution in [0.25, 0.3) is 0 Å². The van der Waals surface area contributed by atoms with Crippen LogP contribution in [-0.2, 0) is 5.41 Å². The summed E-state index contributed by atoms with van der Waals surface area (Å²) in [5, 5.41) is 9.92. The first-order valence-corrected chi connectivity index (χ1v) is 6.10. The maximum Gasteiger partial charge on any atom is 0.0554 e. The van der Waals surface area contributed by atoms with Gasteiger partial charge < -0.3 is 5.11 Å². The van der Waals surface area contributed by atoms with Crippen molar-refractivity contribution in [2.24, 2.45) is 5.41 Å². The summed E-state index contributed by atoms with van der Waals surface area (Å²) in [6.07, 6.45) is 1.63. The Kier molecular flexibility index (Phi) is 2.62. The number of aryl methyl sites for hydroxylation is 1. The lowest BCUT2D eigenvalue weighted by atomic mass is 9.65. The van der Waals surface area contributed by atoms with Crippen LogP contribution in [0.2, 0.25) is 0 Å². The highest BCUT2D eigenvalue weighted by Crippen LogP contribution is 2.53. The Hall–Kier alpha value is -0.820. The zero-order valence-electron chi connectivity index (χ0n) is 10.7. The van der Waals surface area contributed by atoms with Gasteiger partial charge in [-0.3, -0.25) is 0 Å². The van der Waals surface area contributed by atoms with Crippen LogP contribution in [0.15, 0.2) is 24.3 Å². The molecule has 0 aromatic heterocycles. The van der Waals surface area contributed by atoms with E-state index in [4.69, 9.17) is 0 Å². The molecule has 0 aliphatic heterocycles. The Morgan fingerprint density at radius 1 is 1.06 bits per heavy atom. The topological polar surface area (TPSA) is 20.2 Å².